The molecule has 1 aromatic rings. The fraction of sp³-hybridized carbons (Fsp3) is 0.182. The Morgan fingerprint density at radius 2 is 2.29 bits per heavy atom. The van der Waals surface area contributed by atoms with Crippen LogP contribution in [0.5, 0.6) is 5.75 Å². The minimum Gasteiger partial charge on any atom is -0.506 e. The summed E-state index contributed by atoms with van der Waals surface area (Å²) in [5, 5.41) is 21.7. The van der Waals surface area contributed by atoms with Crippen LogP contribution in [-0.2, 0) is 9.53 Å². The Bertz CT molecular complexity index is 477. The first-order valence-electron chi connectivity index (χ1n) is 4.88. The first kappa shape index (κ1) is 12.5. The first-order chi connectivity index (χ1) is 8.19. The van der Waals surface area contributed by atoms with E-state index in [0.717, 1.165) is 0 Å². The zero-order valence-corrected chi connectivity index (χ0v) is 9.17. The molecular formula is C11H11N3O3. The van der Waals surface area contributed by atoms with Crippen molar-refractivity contribution in [2.75, 3.05) is 12.0 Å². The Balaban J connectivity index is 2.79. The molecule has 0 radical (unpaired) electrons. The Labute approximate surface area is 98.1 Å². The van der Waals surface area contributed by atoms with Crippen molar-refractivity contribution in [1.29, 1.82) is 5.26 Å². The lowest BCUT2D eigenvalue weighted by molar-refractivity contribution is -0.134. The van der Waals surface area contributed by atoms with Crippen molar-refractivity contribution < 1.29 is 14.6 Å². The number of carbonyl (C=O) groups is 1. The normalized spacial score (nSPS) is 10.5. The molecule has 0 spiro atoms. The molecule has 0 aliphatic rings. The van der Waals surface area contributed by atoms with Gasteiger partial charge >= 0.3 is 5.97 Å². The second kappa shape index (κ2) is 6.12. The SMILES string of the molecule is CCOC(=O)/C(C#N)=N\Nc1ccccc1O. The lowest BCUT2D eigenvalue weighted by Gasteiger charge is -2.03. The van der Waals surface area contributed by atoms with E-state index in [0.29, 0.717) is 5.69 Å². The molecule has 2 N–H and O–H groups in total. The van der Waals surface area contributed by atoms with Gasteiger partial charge in [0.25, 0.3) is 0 Å². The summed E-state index contributed by atoms with van der Waals surface area (Å²) in [6.45, 7) is 1.79. The summed E-state index contributed by atoms with van der Waals surface area (Å²) >= 11 is 0. The van der Waals surface area contributed by atoms with E-state index in [4.69, 9.17) is 5.26 Å². The molecule has 1 rings (SSSR count). The van der Waals surface area contributed by atoms with E-state index in [-0.39, 0.29) is 12.4 Å². The van der Waals surface area contributed by atoms with Gasteiger partial charge in [-0.25, -0.2) is 4.79 Å². The van der Waals surface area contributed by atoms with Crippen molar-refractivity contribution in [3.8, 4) is 11.8 Å². The van der Waals surface area contributed by atoms with E-state index in [2.05, 4.69) is 15.3 Å². The molecule has 0 saturated carbocycles. The van der Waals surface area contributed by atoms with Crippen molar-refractivity contribution >= 4 is 17.4 Å². The number of hydrazone groups is 1. The van der Waals surface area contributed by atoms with Crippen molar-refractivity contribution in [1.82, 2.24) is 0 Å². The molecule has 0 aliphatic carbocycles. The van der Waals surface area contributed by atoms with Crippen molar-refractivity contribution in [2.45, 2.75) is 6.92 Å². The van der Waals surface area contributed by atoms with Gasteiger partial charge in [0, 0.05) is 0 Å². The largest absolute Gasteiger partial charge is 0.506 e. The molecule has 0 unspecified atom stereocenters. The van der Waals surface area contributed by atoms with Crippen LogP contribution < -0.4 is 5.43 Å². The molecule has 0 bridgehead atoms. The van der Waals surface area contributed by atoms with Gasteiger partial charge in [-0.3, -0.25) is 5.43 Å². The van der Waals surface area contributed by atoms with E-state index in [1.807, 2.05) is 0 Å². The molecule has 88 valence electrons. The van der Waals surface area contributed by atoms with Crippen LogP contribution >= 0.6 is 0 Å². The molecular weight excluding hydrogens is 222 g/mol. The van der Waals surface area contributed by atoms with Crippen LogP contribution in [0.3, 0.4) is 0 Å². The maximum atomic E-state index is 11.2. The molecule has 6 heteroatoms. The van der Waals surface area contributed by atoms with Gasteiger partial charge < -0.3 is 9.84 Å². The number of phenolic OH excluding ortho intramolecular Hbond substituents is 1. The summed E-state index contributed by atoms with van der Waals surface area (Å²) < 4.78 is 4.62. The van der Waals surface area contributed by atoms with Gasteiger partial charge in [-0.2, -0.15) is 10.4 Å². The number of carbonyl (C=O) groups excluding carboxylic acids is 1. The van der Waals surface area contributed by atoms with E-state index >= 15 is 0 Å². The number of hydrogen-bond acceptors (Lipinski definition) is 6. The van der Waals surface area contributed by atoms with Gasteiger partial charge in [-0.1, -0.05) is 12.1 Å². The zero-order chi connectivity index (χ0) is 12.7. The molecule has 0 aromatic heterocycles. The maximum absolute atomic E-state index is 11.2. The number of esters is 1. The fourth-order valence-electron chi connectivity index (χ4n) is 1.00. The van der Waals surface area contributed by atoms with Crippen LogP contribution in [0, 0.1) is 11.3 Å². The number of para-hydroxylation sites is 2. The average Bonchev–Trinajstić information content (AvgIpc) is 2.32. The maximum Gasteiger partial charge on any atom is 0.369 e. The highest BCUT2D eigenvalue weighted by atomic mass is 16.5. The van der Waals surface area contributed by atoms with Crippen molar-refractivity contribution in [3.63, 3.8) is 0 Å². The Morgan fingerprint density at radius 3 is 2.88 bits per heavy atom. The number of benzene rings is 1. The Morgan fingerprint density at radius 1 is 1.59 bits per heavy atom. The molecule has 1 aromatic carbocycles. The van der Waals surface area contributed by atoms with Crippen molar-refractivity contribution in [3.05, 3.63) is 24.3 Å². The summed E-state index contributed by atoms with van der Waals surface area (Å²) in [6.07, 6.45) is 0. The third kappa shape index (κ3) is 3.50. The second-order valence-corrected chi connectivity index (χ2v) is 2.92. The molecule has 0 atom stereocenters. The van der Waals surface area contributed by atoms with E-state index in [1.165, 1.54) is 6.07 Å². The first-order valence-corrected chi connectivity index (χ1v) is 4.88. The molecule has 17 heavy (non-hydrogen) atoms. The standard InChI is InChI=1S/C11H11N3O3/c1-2-17-11(16)9(7-12)14-13-8-5-3-4-6-10(8)15/h3-6,13,15H,2H2,1H3/b14-9-. The summed E-state index contributed by atoms with van der Waals surface area (Å²) in [6, 6.07) is 7.93. The lowest BCUT2D eigenvalue weighted by Crippen LogP contribution is -2.17. The van der Waals surface area contributed by atoms with E-state index in [1.54, 1.807) is 31.2 Å². The zero-order valence-electron chi connectivity index (χ0n) is 9.17. The molecule has 0 heterocycles. The number of anilines is 1. The van der Waals surface area contributed by atoms with Gasteiger partial charge in [-0.15, -0.1) is 0 Å². The lowest BCUT2D eigenvalue weighted by atomic mass is 10.3. The number of nitrogens with zero attached hydrogens (tertiary/aromatic N) is 2. The number of phenols is 1. The summed E-state index contributed by atoms with van der Waals surface area (Å²) in [4.78, 5) is 11.2. The van der Waals surface area contributed by atoms with Gasteiger partial charge in [-0.05, 0) is 19.1 Å². The third-order valence-corrected chi connectivity index (χ3v) is 1.77. The highest BCUT2D eigenvalue weighted by Crippen LogP contribution is 2.21. The summed E-state index contributed by atoms with van der Waals surface area (Å²) in [5.74, 6) is -0.838. The highest BCUT2D eigenvalue weighted by Gasteiger charge is 2.11. The number of rotatable bonds is 4. The summed E-state index contributed by atoms with van der Waals surface area (Å²) in [7, 11) is 0. The topological polar surface area (TPSA) is 94.7 Å². The van der Waals surface area contributed by atoms with Gasteiger partial charge in [0.1, 0.15) is 11.8 Å². The number of aromatic hydroxyl groups is 1. The molecule has 0 aliphatic heterocycles. The second-order valence-electron chi connectivity index (χ2n) is 2.92. The molecule has 6 nitrogen and oxygen atoms in total. The Hall–Kier alpha value is -2.55. The van der Waals surface area contributed by atoms with Crippen LogP contribution in [0.1, 0.15) is 6.92 Å². The van der Waals surface area contributed by atoms with Crippen LogP contribution in [0.15, 0.2) is 29.4 Å². The molecule has 0 saturated heterocycles. The predicted octanol–water partition coefficient (Wildman–Crippen LogP) is 1.25. The highest BCUT2D eigenvalue weighted by molar-refractivity contribution is 6.43. The molecule has 0 amide bonds. The number of ether oxygens (including phenoxy) is 1. The Kier molecular flexibility index (Phi) is 4.51. The average molecular weight is 233 g/mol. The third-order valence-electron chi connectivity index (χ3n) is 1.77. The minimum atomic E-state index is -0.807. The van der Waals surface area contributed by atoms with E-state index in [9.17, 15) is 9.90 Å². The van der Waals surface area contributed by atoms with Crippen LogP contribution in [0.4, 0.5) is 5.69 Å². The minimum absolute atomic E-state index is 0.0302. The number of hydrogen-bond donors (Lipinski definition) is 2. The smallest absolute Gasteiger partial charge is 0.369 e. The monoisotopic (exact) mass is 233 g/mol. The van der Waals surface area contributed by atoms with Gasteiger partial charge in [0.2, 0.25) is 5.71 Å². The van der Waals surface area contributed by atoms with E-state index < -0.39 is 11.7 Å². The fourth-order valence-corrected chi connectivity index (χ4v) is 1.00. The number of nitrogens with one attached hydrogen (secondary N) is 1. The van der Waals surface area contributed by atoms with Gasteiger partial charge in [0.15, 0.2) is 0 Å². The number of nitriles is 1. The van der Waals surface area contributed by atoms with Crippen LogP contribution in [-0.4, -0.2) is 23.4 Å². The molecule has 0 fully saturated rings. The van der Waals surface area contributed by atoms with Gasteiger partial charge in [0.05, 0.1) is 12.3 Å². The summed E-state index contributed by atoms with van der Waals surface area (Å²) in [5.41, 5.74) is 2.31. The quantitative estimate of drug-likeness (QED) is 0.353. The van der Waals surface area contributed by atoms with Crippen molar-refractivity contribution in [2.24, 2.45) is 5.10 Å². The predicted molar refractivity (Wildman–Crippen MR) is 61.4 cm³/mol. The van der Waals surface area contributed by atoms with Crippen LogP contribution in [0.2, 0.25) is 0 Å². The van der Waals surface area contributed by atoms with Crippen LogP contribution in [0.25, 0.3) is 0 Å².